The van der Waals surface area contributed by atoms with Crippen LogP contribution in [0.4, 0.5) is 5.82 Å². The minimum absolute atomic E-state index is 0.0939. The number of hydrogen-bond acceptors (Lipinski definition) is 5. The largest absolute Gasteiger partial charge is 0.481 e. The summed E-state index contributed by atoms with van der Waals surface area (Å²) < 4.78 is 6.93. The Balaban J connectivity index is 1.72. The van der Waals surface area contributed by atoms with Gasteiger partial charge in [0.2, 0.25) is 5.88 Å². The van der Waals surface area contributed by atoms with Gasteiger partial charge in [0.1, 0.15) is 5.82 Å². The van der Waals surface area contributed by atoms with Gasteiger partial charge in [-0.25, -0.2) is 9.67 Å². The van der Waals surface area contributed by atoms with Gasteiger partial charge in [-0.3, -0.25) is 9.69 Å². The van der Waals surface area contributed by atoms with E-state index in [1.807, 2.05) is 37.3 Å². The minimum atomic E-state index is -0.0939. The normalized spacial score (nSPS) is 12.9. The summed E-state index contributed by atoms with van der Waals surface area (Å²) in [4.78, 5) is 23.7. The first kappa shape index (κ1) is 16.3. The Morgan fingerprint density at radius 2 is 2.15 bits per heavy atom. The number of rotatable bonds is 4. The molecule has 3 aromatic rings. The van der Waals surface area contributed by atoms with Gasteiger partial charge in [-0.05, 0) is 36.6 Å². The molecule has 0 unspecified atom stereocenters. The average Bonchev–Trinajstić information content (AvgIpc) is 3.31. The number of pyridine rings is 2. The fraction of sp³-hybridized carbons (Fsp3) is 0.263. The highest BCUT2D eigenvalue weighted by Gasteiger charge is 2.30. The van der Waals surface area contributed by atoms with Crippen LogP contribution in [-0.2, 0) is 12.8 Å². The highest BCUT2D eigenvalue weighted by atomic mass is 16.5. The molecule has 7 heteroatoms. The van der Waals surface area contributed by atoms with Crippen molar-refractivity contribution in [1.82, 2.24) is 19.7 Å². The first-order valence-corrected chi connectivity index (χ1v) is 8.57. The first-order chi connectivity index (χ1) is 12.7. The fourth-order valence-corrected chi connectivity index (χ4v) is 3.25. The molecule has 0 aromatic carbocycles. The lowest BCUT2D eigenvalue weighted by Crippen LogP contribution is -2.30. The molecule has 132 valence electrons. The predicted molar refractivity (Wildman–Crippen MR) is 96.9 cm³/mol. The van der Waals surface area contributed by atoms with Crippen molar-refractivity contribution in [2.45, 2.75) is 19.8 Å². The number of aromatic nitrogens is 4. The fourth-order valence-electron chi connectivity index (χ4n) is 3.25. The Morgan fingerprint density at radius 3 is 2.88 bits per heavy atom. The molecule has 4 heterocycles. The molecule has 0 aliphatic carbocycles. The van der Waals surface area contributed by atoms with Gasteiger partial charge in [0.05, 0.1) is 24.6 Å². The van der Waals surface area contributed by atoms with Crippen molar-refractivity contribution in [3.63, 3.8) is 0 Å². The van der Waals surface area contributed by atoms with Crippen LogP contribution in [0.5, 0.6) is 5.88 Å². The molecule has 7 nitrogen and oxygen atoms in total. The third-order valence-electron chi connectivity index (χ3n) is 4.55. The standard InChI is InChI=1S/C19H19N5O2/c1-3-15-14(12-21-24(15)16-6-4-5-10-20-16)19(25)23-11-9-13-7-8-17(26-2)22-18(13)23/h4-8,10,12H,3,9,11H2,1-2H3. The van der Waals surface area contributed by atoms with Crippen LogP contribution in [0, 0.1) is 0 Å². The van der Waals surface area contributed by atoms with Crippen LogP contribution in [0.15, 0.2) is 42.7 Å². The lowest BCUT2D eigenvalue weighted by Gasteiger charge is -2.17. The monoisotopic (exact) mass is 349 g/mol. The van der Waals surface area contributed by atoms with E-state index in [0.717, 1.165) is 17.7 Å². The number of carbonyl (C=O) groups excluding carboxylic acids is 1. The van der Waals surface area contributed by atoms with Gasteiger partial charge < -0.3 is 4.74 Å². The van der Waals surface area contributed by atoms with E-state index in [-0.39, 0.29) is 5.91 Å². The van der Waals surface area contributed by atoms with Crippen LogP contribution in [0.2, 0.25) is 0 Å². The molecular formula is C19H19N5O2. The van der Waals surface area contributed by atoms with Crippen LogP contribution >= 0.6 is 0 Å². The summed E-state index contributed by atoms with van der Waals surface area (Å²) in [5.74, 6) is 1.78. The van der Waals surface area contributed by atoms with Crippen molar-refractivity contribution in [3.05, 3.63) is 59.5 Å². The minimum Gasteiger partial charge on any atom is -0.481 e. The molecule has 4 rings (SSSR count). The van der Waals surface area contributed by atoms with E-state index in [9.17, 15) is 4.79 Å². The second-order valence-electron chi connectivity index (χ2n) is 6.00. The zero-order chi connectivity index (χ0) is 18.1. The second kappa shape index (κ2) is 6.59. The smallest absolute Gasteiger partial charge is 0.262 e. The van der Waals surface area contributed by atoms with Crippen LogP contribution in [0.1, 0.15) is 28.5 Å². The van der Waals surface area contributed by atoms with Crippen LogP contribution in [-0.4, -0.2) is 39.3 Å². The van der Waals surface area contributed by atoms with Crippen molar-refractivity contribution < 1.29 is 9.53 Å². The van der Waals surface area contributed by atoms with Gasteiger partial charge in [-0.2, -0.15) is 10.1 Å². The topological polar surface area (TPSA) is 73.1 Å². The number of anilines is 1. The number of fused-ring (bicyclic) bond motifs is 1. The van der Waals surface area contributed by atoms with Crippen molar-refractivity contribution in [1.29, 1.82) is 0 Å². The molecule has 0 bridgehead atoms. The summed E-state index contributed by atoms with van der Waals surface area (Å²) in [5.41, 5.74) is 2.47. The summed E-state index contributed by atoms with van der Waals surface area (Å²) in [5, 5.41) is 4.40. The van der Waals surface area contributed by atoms with Crippen molar-refractivity contribution in [2.75, 3.05) is 18.6 Å². The summed E-state index contributed by atoms with van der Waals surface area (Å²) in [6.07, 6.45) is 4.79. The zero-order valence-electron chi connectivity index (χ0n) is 14.7. The molecule has 0 fully saturated rings. The lowest BCUT2D eigenvalue weighted by atomic mass is 10.2. The van der Waals surface area contributed by atoms with Crippen molar-refractivity contribution in [2.24, 2.45) is 0 Å². The number of hydrogen-bond donors (Lipinski definition) is 0. The third kappa shape index (κ3) is 2.61. The molecule has 1 amide bonds. The summed E-state index contributed by atoms with van der Waals surface area (Å²) in [6.45, 7) is 2.61. The second-order valence-corrected chi connectivity index (χ2v) is 6.00. The number of methoxy groups -OCH3 is 1. The Morgan fingerprint density at radius 1 is 1.27 bits per heavy atom. The Bertz CT molecular complexity index is 952. The van der Waals surface area contributed by atoms with Crippen molar-refractivity contribution in [3.8, 4) is 11.7 Å². The molecule has 0 spiro atoms. The highest BCUT2D eigenvalue weighted by Crippen LogP contribution is 2.30. The van der Waals surface area contributed by atoms with Gasteiger partial charge in [0.15, 0.2) is 5.82 Å². The summed E-state index contributed by atoms with van der Waals surface area (Å²) in [6, 6.07) is 9.41. The van der Waals surface area contributed by atoms with E-state index >= 15 is 0 Å². The van der Waals surface area contributed by atoms with Crippen LogP contribution in [0.25, 0.3) is 5.82 Å². The summed E-state index contributed by atoms with van der Waals surface area (Å²) in [7, 11) is 1.57. The van der Waals surface area contributed by atoms with Gasteiger partial charge in [-0.15, -0.1) is 0 Å². The average molecular weight is 349 g/mol. The van der Waals surface area contributed by atoms with E-state index in [1.54, 1.807) is 29.1 Å². The quantitative estimate of drug-likeness (QED) is 0.723. The molecule has 0 saturated carbocycles. The highest BCUT2D eigenvalue weighted by molar-refractivity contribution is 6.07. The number of ether oxygens (including phenoxy) is 1. The molecule has 0 saturated heterocycles. The molecule has 3 aromatic heterocycles. The van der Waals surface area contributed by atoms with Crippen LogP contribution < -0.4 is 9.64 Å². The van der Waals surface area contributed by atoms with Crippen molar-refractivity contribution >= 4 is 11.7 Å². The molecule has 0 radical (unpaired) electrons. The first-order valence-electron chi connectivity index (χ1n) is 8.57. The van der Waals surface area contributed by atoms with Crippen LogP contribution in [0.3, 0.4) is 0 Å². The van der Waals surface area contributed by atoms with Gasteiger partial charge >= 0.3 is 0 Å². The Kier molecular flexibility index (Phi) is 4.12. The lowest BCUT2D eigenvalue weighted by molar-refractivity contribution is 0.0987. The Hall–Kier alpha value is -3.22. The molecular weight excluding hydrogens is 330 g/mol. The maximum atomic E-state index is 13.2. The van der Waals surface area contributed by atoms with Gasteiger partial charge in [0.25, 0.3) is 5.91 Å². The maximum absolute atomic E-state index is 13.2. The van der Waals surface area contributed by atoms with E-state index in [0.29, 0.717) is 36.0 Å². The summed E-state index contributed by atoms with van der Waals surface area (Å²) >= 11 is 0. The van der Waals surface area contributed by atoms with Gasteiger partial charge in [-0.1, -0.05) is 13.0 Å². The SMILES string of the molecule is CCc1c(C(=O)N2CCc3ccc(OC)nc32)cnn1-c1ccccn1. The third-order valence-corrected chi connectivity index (χ3v) is 4.55. The van der Waals surface area contributed by atoms with E-state index in [2.05, 4.69) is 15.1 Å². The number of amides is 1. The Labute approximate surface area is 151 Å². The molecule has 1 aliphatic heterocycles. The molecule has 26 heavy (non-hydrogen) atoms. The molecule has 0 N–H and O–H groups in total. The number of nitrogens with zero attached hydrogens (tertiary/aromatic N) is 5. The predicted octanol–water partition coefficient (Wildman–Crippen LogP) is 2.44. The number of carbonyl (C=O) groups is 1. The van der Waals surface area contributed by atoms with E-state index in [1.165, 1.54) is 0 Å². The zero-order valence-corrected chi connectivity index (χ0v) is 14.7. The van der Waals surface area contributed by atoms with E-state index < -0.39 is 0 Å². The van der Waals surface area contributed by atoms with Gasteiger partial charge in [0, 0.05) is 18.8 Å². The molecule has 1 aliphatic rings. The molecule has 0 atom stereocenters. The maximum Gasteiger partial charge on any atom is 0.262 e. The van der Waals surface area contributed by atoms with E-state index in [4.69, 9.17) is 4.74 Å².